The van der Waals surface area contributed by atoms with Crippen molar-refractivity contribution in [1.82, 2.24) is 19.6 Å². The van der Waals surface area contributed by atoms with Gasteiger partial charge < -0.3 is 30.7 Å². The van der Waals surface area contributed by atoms with Gasteiger partial charge in [0.1, 0.15) is 0 Å². The maximum Gasteiger partial charge on any atom is 0.418 e. The highest BCUT2D eigenvalue weighted by Gasteiger charge is 2.37. The van der Waals surface area contributed by atoms with Gasteiger partial charge in [0.05, 0.1) is 22.2 Å². The number of nitrogens with zero attached hydrogens (tertiary/aromatic N) is 4. The van der Waals surface area contributed by atoms with Gasteiger partial charge in [-0.2, -0.15) is 13.2 Å². The number of urea groups is 1. The largest absolute Gasteiger partial charge is 0.418 e. The van der Waals surface area contributed by atoms with Crippen molar-refractivity contribution in [3.05, 3.63) is 58.1 Å². The van der Waals surface area contributed by atoms with Gasteiger partial charge in [-0.3, -0.25) is 9.59 Å². The Morgan fingerprint density at radius 3 is 2.43 bits per heavy atom. The monoisotopic (exact) mass is 676 g/mol. The minimum atomic E-state index is -4.72. The Morgan fingerprint density at radius 1 is 1.06 bits per heavy atom. The van der Waals surface area contributed by atoms with E-state index in [1.165, 1.54) is 6.07 Å². The highest BCUT2D eigenvalue weighted by atomic mass is 35.5. The number of hydrogen-bond donors (Lipinski definition) is 2. The van der Waals surface area contributed by atoms with Crippen LogP contribution in [0.5, 0.6) is 0 Å². The molecule has 3 N–H and O–H groups in total. The minimum Gasteiger partial charge on any atom is -0.397 e. The summed E-state index contributed by atoms with van der Waals surface area (Å²) in [5.41, 5.74) is 6.12. The maximum absolute atomic E-state index is 13.9. The van der Waals surface area contributed by atoms with Gasteiger partial charge in [0.25, 0.3) is 0 Å². The predicted octanol–water partition coefficient (Wildman–Crippen LogP) is 5.37. The molecule has 3 aliphatic heterocycles. The van der Waals surface area contributed by atoms with E-state index in [1.807, 2.05) is 29.2 Å². The van der Waals surface area contributed by atoms with Crippen molar-refractivity contribution in [2.45, 2.75) is 57.2 Å². The van der Waals surface area contributed by atoms with E-state index < -0.39 is 23.3 Å². The standard InChI is InChI=1S/C34H44ClF3N6O3/c1-41-12-7-22(8-13-41)21-42(2)32(46)25(17-23-18-27(34(36,37)38)31(39)28(35)19-23)20-30(45)43-14-10-26(11-15-43)44-16-9-24-5-3-4-6-29(24)40-33(44)47/h3-6,18-19,22,25-26H,7-17,20-21,39H2,1-2H3,(H,40,47)/t25-/m0/s1. The molecule has 4 amide bonds. The Bertz CT molecular complexity index is 1460. The zero-order valence-electron chi connectivity index (χ0n) is 27.0. The Hall–Kier alpha value is -3.51. The molecule has 47 heavy (non-hydrogen) atoms. The van der Waals surface area contributed by atoms with Crippen molar-refractivity contribution >= 4 is 40.8 Å². The number of nitrogen functional groups attached to an aromatic ring is 1. The number of fused-ring (bicyclic) bond motifs is 1. The van der Waals surface area contributed by atoms with Crippen LogP contribution in [-0.2, 0) is 28.6 Å². The molecular weight excluding hydrogens is 633 g/mol. The summed E-state index contributed by atoms with van der Waals surface area (Å²) >= 11 is 6.11. The van der Waals surface area contributed by atoms with E-state index in [-0.39, 0.29) is 47.3 Å². The van der Waals surface area contributed by atoms with Crippen LogP contribution in [0.1, 0.15) is 48.8 Å². The van der Waals surface area contributed by atoms with Crippen molar-refractivity contribution in [2.75, 3.05) is 64.4 Å². The van der Waals surface area contributed by atoms with Crippen molar-refractivity contribution in [3.63, 3.8) is 0 Å². The molecule has 0 saturated carbocycles. The average Bonchev–Trinajstić information content (AvgIpc) is 3.20. The SMILES string of the molecule is CN1CCC(CN(C)C(=O)[C@H](CC(=O)N2CCC(N3CCc4ccccc4NC3=O)CC2)Cc2cc(Cl)c(N)c(C(F)(F)F)c2)CC1. The number of carbonyl (C=O) groups is 3. The van der Waals surface area contributed by atoms with Crippen LogP contribution in [0.4, 0.5) is 29.3 Å². The van der Waals surface area contributed by atoms with Crippen molar-refractivity contribution in [3.8, 4) is 0 Å². The minimum absolute atomic E-state index is 0.0378. The number of hydrogen-bond acceptors (Lipinski definition) is 5. The molecule has 3 heterocycles. The lowest BCUT2D eigenvalue weighted by Gasteiger charge is -2.38. The third-order valence-electron chi connectivity index (χ3n) is 9.89. The lowest BCUT2D eigenvalue weighted by molar-refractivity contribution is -0.141. The summed E-state index contributed by atoms with van der Waals surface area (Å²) in [7, 11) is 3.76. The van der Waals surface area contributed by atoms with Gasteiger partial charge in [-0.25, -0.2) is 4.79 Å². The number of anilines is 2. The highest BCUT2D eigenvalue weighted by molar-refractivity contribution is 6.33. The molecule has 0 bridgehead atoms. The lowest BCUT2D eigenvalue weighted by atomic mass is 9.91. The molecule has 0 spiro atoms. The average molecular weight is 677 g/mol. The molecule has 2 saturated heterocycles. The van der Waals surface area contributed by atoms with Gasteiger partial charge in [-0.15, -0.1) is 0 Å². The van der Waals surface area contributed by atoms with E-state index in [2.05, 4.69) is 17.3 Å². The number of halogens is 4. The number of piperidine rings is 2. The molecule has 9 nitrogen and oxygen atoms in total. The molecule has 3 aliphatic rings. The van der Waals surface area contributed by atoms with Gasteiger partial charge >= 0.3 is 12.2 Å². The predicted molar refractivity (Wildman–Crippen MR) is 176 cm³/mol. The number of nitrogens with two attached hydrogens (primary N) is 1. The molecule has 0 aromatic heterocycles. The maximum atomic E-state index is 13.9. The van der Waals surface area contributed by atoms with Crippen LogP contribution in [0.25, 0.3) is 0 Å². The zero-order valence-corrected chi connectivity index (χ0v) is 27.7. The first-order chi connectivity index (χ1) is 22.3. The highest BCUT2D eigenvalue weighted by Crippen LogP contribution is 2.38. The third kappa shape index (κ3) is 8.51. The molecular formula is C34H44ClF3N6O3. The van der Waals surface area contributed by atoms with Crippen LogP contribution >= 0.6 is 11.6 Å². The topological polar surface area (TPSA) is 102 Å². The fraction of sp³-hybridized carbons (Fsp3) is 0.559. The number of carbonyl (C=O) groups excluding carboxylic acids is 3. The molecule has 13 heteroatoms. The van der Waals surface area contributed by atoms with Crippen LogP contribution in [0.2, 0.25) is 5.02 Å². The van der Waals surface area contributed by atoms with E-state index in [1.54, 1.807) is 16.8 Å². The third-order valence-corrected chi connectivity index (χ3v) is 10.2. The number of para-hydroxylation sites is 1. The van der Waals surface area contributed by atoms with Gasteiger partial charge in [0.2, 0.25) is 11.8 Å². The number of likely N-dealkylation sites (tertiary alicyclic amines) is 2. The van der Waals surface area contributed by atoms with Crippen LogP contribution in [-0.4, -0.2) is 96.9 Å². The zero-order chi connectivity index (χ0) is 33.9. The van der Waals surface area contributed by atoms with Crippen LogP contribution in [0.3, 0.4) is 0 Å². The first-order valence-corrected chi connectivity index (χ1v) is 16.7. The Labute approximate surface area is 279 Å². The first-order valence-electron chi connectivity index (χ1n) is 16.3. The van der Waals surface area contributed by atoms with E-state index in [0.717, 1.165) is 49.7 Å². The summed E-state index contributed by atoms with van der Waals surface area (Å²) in [4.78, 5) is 48.0. The normalized spacial score (nSPS) is 19.1. The molecule has 5 rings (SSSR count). The van der Waals surface area contributed by atoms with Gasteiger partial charge in [0.15, 0.2) is 0 Å². The summed E-state index contributed by atoms with van der Waals surface area (Å²) in [5.74, 6) is -1.09. The lowest BCUT2D eigenvalue weighted by Crippen LogP contribution is -2.50. The van der Waals surface area contributed by atoms with Gasteiger partial charge in [0, 0.05) is 51.4 Å². The summed E-state index contributed by atoms with van der Waals surface area (Å²) in [5, 5.41) is 2.76. The van der Waals surface area contributed by atoms with Crippen molar-refractivity contribution in [2.24, 2.45) is 11.8 Å². The number of alkyl halides is 3. The number of amides is 4. The summed E-state index contributed by atoms with van der Waals surface area (Å²) in [6.45, 7) is 3.78. The molecule has 0 aliphatic carbocycles. The van der Waals surface area contributed by atoms with E-state index in [0.29, 0.717) is 44.9 Å². The van der Waals surface area contributed by atoms with Crippen molar-refractivity contribution < 1.29 is 27.6 Å². The van der Waals surface area contributed by atoms with Crippen LogP contribution < -0.4 is 11.1 Å². The molecule has 256 valence electrons. The van der Waals surface area contributed by atoms with E-state index >= 15 is 0 Å². The molecule has 2 aromatic rings. The van der Waals surface area contributed by atoms with Gasteiger partial charge in [-0.05, 0) is 93.9 Å². The molecule has 2 aromatic carbocycles. The fourth-order valence-corrected chi connectivity index (χ4v) is 7.34. The first kappa shape index (κ1) is 34.8. The van der Waals surface area contributed by atoms with E-state index in [9.17, 15) is 27.6 Å². The smallest absolute Gasteiger partial charge is 0.397 e. The second-order valence-corrected chi connectivity index (χ2v) is 13.7. The summed E-state index contributed by atoms with van der Waals surface area (Å²) in [6, 6.07) is 9.83. The Balaban J connectivity index is 1.26. The molecule has 0 unspecified atom stereocenters. The summed E-state index contributed by atoms with van der Waals surface area (Å²) in [6.07, 6.45) is -1.16. The number of nitrogens with one attached hydrogen (secondary N) is 1. The number of rotatable bonds is 8. The Morgan fingerprint density at radius 2 is 1.74 bits per heavy atom. The molecule has 0 radical (unpaired) electrons. The second kappa shape index (κ2) is 14.7. The second-order valence-electron chi connectivity index (χ2n) is 13.2. The summed E-state index contributed by atoms with van der Waals surface area (Å²) < 4.78 is 41.2. The van der Waals surface area contributed by atoms with Gasteiger partial charge in [-0.1, -0.05) is 29.8 Å². The number of benzene rings is 2. The fourth-order valence-electron chi connectivity index (χ4n) is 7.10. The van der Waals surface area contributed by atoms with E-state index in [4.69, 9.17) is 17.3 Å². The van der Waals surface area contributed by atoms with Crippen molar-refractivity contribution in [1.29, 1.82) is 0 Å². The Kier molecular flexibility index (Phi) is 10.9. The molecule has 1 atom stereocenters. The molecule has 2 fully saturated rings. The quantitative estimate of drug-likeness (QED) is 0.366. The van der Waals surface area contributed by atoms with Crippen LogP contribution in [0.15, 0.2) is 36.4 Å². The van der Waals surface area contributed by atoms with Crippen LogP contribution in [0, 0.1) is 11.8 Å².